The van der Waals surface area contributed by atoms with Gasteiger partial charge in [-0.2, -0.15) is 0 Å². The van der Waals surface area contributed by atoms with E-state index in [1.54, 1.807) is 68.1 Å². The standard InChI is InChI=1S/C28H27Cl2N5O4/c1-28(2,3)39-27(37)35-15-21(32-24(36)18-12-17-6-9-20(30)13-22(17)31-14-18)10-11-23(35)26-34-33-25(38-26)16-4-7-19(29)8-5-16/h4-9,12-14,21,23H,10-11,15H2,1-3H3,(H,32,36)/t21-,23+/m0/s1. The van der Waals surface area contributed by atoms with E-state index in [2.05, 4.69) is 20.5 Å². The number of nitrogens with zero attached hydrogens (tertiary/aromatic N) is 4. The number of carbonyl (C=O) groups is 2. The van der Waals surface area contributed by atoms with Crippen LogP contribution in [-0.4, -0.2) is 50.3 Å². The van der Waals surface area contributed by atoms with Gasteiger partial charge in [0.25, 0.3) is 5.91 Å². The van der Waals surface area contributed by atoms with Crippen LogP contribution in [0.5, 0.6) is 0 Å². The zero-order valence-corrected chi connectivity index (χ0v) is 23.2. The summed E-state index contributed by atoms with van der Waals surface area (Å²) in [5.74, 6) is 0.342. The number of aromatic nitrogens is 3. The van der Waals surface area contributed by atoms with E-state index < -0.39 is 17.7 Å². The number of halogens is 2. The van der Waals surface area contributed by atoms with Crippen molar-refractivity contribution in [1.29, 1.82) is 0 Å². The van der Waals surface area contributed by atoms with Gasteiger partial charge in [-0.3, -0.25) is 14.7 Å². The van der Waals surface area contributed by atoms with E-state index in [1.165, 1.54) is 6.20 Å². The van der Waals surface area contributed by atoms with Crippen molar-refractivity contribution in [1.82, 2.24) is 25.4 Å². The van der Waals surface area contributed by atoms with E-state index in [1.807, 2.05) is 6.07 Å². The minimum absolute atomic E-state index is 0.209. The van der Waals surface area contributed by atoms with Gasteiger partial charge in [0.1, 0.15) is 11.6 Å². The molecule has 1 aliphatic heterocycles. The quantitative estimate of drug-likeness (QED) is 0.301. The smallest absolute Gasteiger partial charge is 0.411 e. The normalized spacial score (nSPS) is 17.7. The zero-order valence-electron chi connectivity index (χ0n) is 21.6. The van der Waals surface area contributed by atoms with E-state index in [0.717, 1.165) is 5.39 Å². The lowest BCUT2D eigenvalue weighted by Crippen LogP contribution is -2.52. The van der Waals surface area contributed by atoms with Crippen molar-refractivity contribution in [2.24, 2.45) is 0 Å². The van der Waals surface area contributed by atoms with Gasteiger partial charge in [0, 0.05) is 39.8 Å². The summed E-state index contributed by atoms with van der Waals surface area (Å²) in [5, 5.41) is 13.4. The van der Waals surface area contributed by atoms with Crippen LogP contribution < -0.4 is 5.32 Å². The Morgan fingerprint density at radius 2 is 1.77 bits per heavy atom. The fourth-order valence-electron chi connectivity index (χ4n) is 4.43. The summed E-state index contributed by atoms with van der Waals surface area (Å²) in [6, 6.07) is 13.3. The predicted molar refractivity (Wildman–Crippen MR) is 148 cm³/mol. The Bertz CT molecular complexity index is 1520. The first-order chi connectivity index (χ1) is 18.6. The summed E-state index contributed by atoms with van der Waals surface area (Å²) in [4.78, 5) is 32.3. The van der Waals surface area contributed by atoms with Crippen molar-refractivity contribution >= 4 is 46.1 Å². The monoisotopic (exact) mass is 567 g/mol. The highest BCUT2D eigenvalue weighted by Crippen LogP contribution is 2.33. The van der Waals surface area contributed by atoms with E-state index in [4.69, 9.17) is 32.4 Å². The largest absolute Gasteiger partial charge is 0.444 e. The molecule has 3 heterocycles. The van der Waals surface area contributed by atoms with Gasteiger partial charge in [0.15, 0.2) is 0 Å². The molecule has 1 N–H and O–H groups in total. The molecule has 2 aromatic carbocycles. The average Bonchev–Trinajstić information content (AvgIpc) is 3.38. The van der Waals surface area contributed by atoms with Crippen LogP contribution in [0.3, 0.4) is 0 Å². The summed E-state index contributed by atoms with van der Waals surface area (Å²) in [7, 11) is 0. The third kappa shape index (κ3) is 6.32. The van der Waals surface area contributed by atoms with Gasteiger partial charge in [0.2, 0.25) is 11.8 Å². The molecule has 0 radical (unpaired) electrons. The molecular formula is C28H27Cl2N5O4. The molecule has 39 heavy (non-hydrogen) atoms. The van der Waals surface area contributed by atoms with Crippen LogP contribution in [0.2, 0.25) is 10.0 Å². The fourth-order valence-corrected chi connectivity index (χ4v) is 4.73. The van der Waals surface area contributed by atoms with Crippen LogP contribution in [0.4, 0.5) is 4.79 Å². The number of amides is 2. The number of nitrogens with one attached hydrogen (secondary N) is 1. The van der Waals surface area contributed by atoms with Crippen LogP contribution in [0, 0.1) is 0 Å². The third-order valence-corrected chi connectivity index (χ3v) is 6.76. The molecule has 11 heteroatoms. The van der Waals surface area contributed by atoms with E-state index in [9.17, 15) is 9.59 Å². The Hall–Kier alpha value is -3.69. The molecule has 0 saturated carbocycles. The second kappa shape index (κ2) is 10.8. The Labute approximate surface area is 235 Å². The van der Waals surface area contributed by atoms with Crippen molar-refractivity contribution in [3.8, 4) is 11.5 Å². The van der Waals surface area contributed by atoms with Gasteiger partial charge in [-0.25, -0.2) is 4.79 Å². The number of fused-ring (bicyclic) bond motifs is 1. The lowest BCUT2D eigenvalue weighted by Gasteiger charge is -2.38. The highest BCUT2D eigenvalue weighted by Gasteiger charge is 2.38. The summed E-state index contributed by atoms with van der Waals surface area (Å²) in [6.45, 7) is 5.61. The summed E-state index contributed by atoms with van der Waals surface area (Å²) in [5.41, 5.74) is 1.13. The van der Waals surface area contributed by atoms with Gasteiger partial charge in [-0.15, -0.1) is 10.2 Å². The van der Waals surface area contributed by atoms with Crippen molar-refractivity contribution < 1.29 is 18.7 Å². The first-order valence-electron chi connectivity index (χ1n) is 12.5. The summed E-state index contributed by atoms with van der Waals surface area (Å²) in [6.07, 6.45) is 2.07. The first kappa shape index (κ1) is 26.9. The van der Waals surface area contributed by atoms with Crippen molar-refractivity contribution in [2.75, 3.05) is 6.54 Å². The van der Waals surface area contributed by atoms with Crippen LogP contribution in [0.25, 0.3) is 22.4 Å². The summed E-state index contributed by atoms with van der Waals surface area (Å²) < 4.78 is 11.7. The molecule has 1 saturated heterocycles. The van der Waals surface area contributed by atoms with Crippen molar-refractivity contribution in [3.05, 3.63) is 76.2 Å². The van der Waals surface area contributed by atoms with E-state index in [0.29, 0.717) is 51.3 Å². The molecule has 0 spiro atoms. The van der Waals surface area contributed by atoms with Gasteiger partial charge >= 0.3 is 6.09 Å². The number of pyridine rings is 1. The minimum atomic E-state index is -0.708. The van der Waals surface area contributed by atoms with Gasteiger partial charge < -0.3 is 14.5 Å². The van der Waals surface area contributed by atoms with Crippen molar-refractivity contribution in [2.45, 2.75) is 51.3 Å². The molecule has 1 fully saturated rings. The first-order valence-corrected chi connectivity index (χ1v) is 13.3. The number of hydrogen-bond acceptors (Lipinski definition) is 7. The highest BCUT2D eigenvalue weighted by atomic mass is 35.5. The molecule has 2 atom stereocenters. The maximum atomic E-state index is 13.3. The number of ether oxygens (including phenoxy) is 1. The molecule has 0 bridgehead atoms. The molecule has 9 nitrogen and oxygen atoms in total. The maximum Gasteiger partial charge on any atom is 0.411 e. The SMILES string of the molecule is CC(C)(C)OC(=O)N1C[C@@H](NC(=O)c2cnc3cc(Cl)ccc3c2)CC[C@@H]1c1nnc(-c2ccc(Cl)cc2)o1. The zero-order chi connectivity index (χ0) is 27.7. The second-order valence-electron chi connectivity index (χ2n) is 10.4. The van der Waals surface area contributed by atoms with Crippen LogP contribution in [0.1, 0.15) is 55.9 Å². The Balaban J connectivity index is 1.34. The van der Waals surface area contributed by atoms with Gasteiger partial charge in [-0.1, -0.05) is 29.3 Å². The Morgan fingerprint density at radius 1 is 1.03 bits per heavy atom. The molecule has 2 amide bonds. The fraction of sp³-hybridized carbons (Fsp3) is 0.321. The highest BCUT2D eigenvalue weighted by molar-refractivity contribution is 6.31. The lowest BCUT2D eigenvalue weighted by atomic mass is 9.98. The molecule has 202 valence electrons. The number of benzene rings is 2. The lowest BCUT2D eigenvalue weighted by molar-refractivity contribution is 0.00191. The Kier molecular flexibility index (Phi) is 7.46. The molecule has 5 rings (SSSR count). The number of carbonyl (C=O) groups excluding carboxylic acids is 2. The van der Waals surface area contributed by atoms with Gasteiger partial charge in [-0.05, 0) is 76.1 Å². The second-order valence-corrected chi connectivity index (χ2v) is 11.3. The van der Waals surface area contributed by atoms with Crippen molar-refractivity contribution in [3.63, 3.8) is 0 Å². The van der Waals surface area contributed by atoms with Crippen LogP contribution >= 0.6 is 23.2 Å². The van der Waals surface area contributed by atoms with Crippen LogP contribution in [-0.2, 0) is 4.74 Å². The number of likely N-dealkylation sites (tertiary alicyclic amines) is 1. The van der Waals surface area contributed by atoms with Gasteiger partial charge in [0.05, 0.1) is 11.1 Å². The number of piperidine rings is 1. The topological polar surface area (TPSA) is 110 Å². The molecule has 4 aromatic rings. The van der Waals surface area contributed by atoms with E-state index in [-0.39, 0.29) is 18.5 Å². The molecule has 0 unspecified atom stereocenters. The molecule has 1 aliphatic rings. The Morgan fingerprint density at radius 3 is 2.51 bits per heavy atom. The number of hydrogen-bond donors (Lipinski definition) is 1. The predicted octanol–water partition coefficient (Wildman–Crippen LogP) is 6.46. The molecule has 2 aromatic heterocycles. The average molecular weight is 568 g/mol. The van der Waals surface area contributed by atoms with Crippen LogP contribution in [0.15, 0.2) is 59.1 Å². The summed E-state index contributed by atoms with van der Waals surface area (Å²) >= 11 is 12.0. The van der Waals surface area contributed by atoms with E-state index >= 15 is 0 Å². The molecule has 0 aliphatic carbocycles. The minimum Gasteiger partial charge on any atom is -0.444 e. The number of rotatable bonds is 4. The maximum absolute atomic E-state index is 13.3. The third-order valence-electron chi connectivity index (χ3n) is 6.27. The molecular weight excluding hydrogens is 541 g/mol.